The maximum Gasteiger partial charge on any atom is 0.276 e. The Balaban J connectivity index is 1.86. The molecule has 0 amide bonds. The Hall–Kier alpha value is -3.10. The van der Waals surface area contributed by atoms with Crippen LogP contribution in [-0.2, 0) is 0 Å². The monoisotopic (exact) mass is 384 g/mol. The van der Waals surface area contributed by atoms with Crippen molar-refractivity contribution in [3.63, 3.8) is 0 Å². The first-order valence-electron chi connectivity index (χ1n) is 7.43. The van der Waals surface area contributed by atoms with Gasteiger partial charge in [0.05, 0.1) is 14.5 Å². The molecular formula is C17H9ClN4O3S. The van der Waals surface area contributed by atoms with Gasteiger partial charge in [0, 0.05) is 17.7 Å². The van der Waals surface area contributed by atoms with Crippen molar-refractivity contribution in [3.8, 4) is 11.4 Å². The molecule has 0 atom stereocenters. The van der Waals surface area contributed by atoms with E-state index < -0.39 is 4.92 Å². The fraction of sp³-hybridized carbons (Fsp3) is 0. The topological polar surface area (TPSA) is 90.4 Å². The molecule has 26 heavy (non-hydrogen) atoms. The molecule has 0 aliphatic carbocycles. The molecule has 128 valence electrons. The summed E-state index contributed by atoms with van der Waals surface area (Å²) >= 11 is 7.40. The van der Waals surface area contributed by atoms with Crippen molar-refractivity contribution < 1.29 is 4.92 Å². The number of fused-ring (bicyclic) bond motifs is 1. The van der Waals surface area contributed by atoms with E-state index in [4.69, 9.17) is 11.6 Å². The van der Waals surface area contributed by atoms with Crippen LogP contribution in [0.1, 0.15) is 5.56 Å². The van der Waals surface area contributed by atoms with E-state index in [-0.39, 0.29) is 11.2 Å². The summed E-state index contributed by atoms with van der Waals surface area (Å²) in [5.41, 5.74) is 1.04. The van der Waals surface area contributed by atoms with Crippen LogP contribution in [0.2, 0.25) is 5.02 Å². The molecule has 4 rings (SSSR count). The third-order valence-corrected chi connectivity index (χ3v) is 5.05. The zero-order chi connectivity index (χ0) is 18.3. The molecule has 0 bridgehead atoms. The molecule has 0 unspecified atom stereocenters. The zero-order valence-corrected chi connectivity index (χ0v) is 14.6. The molecule has 0 radical (unpaired) electrons. The molecule has 4 aromatic rings. The van der Waals surface area contributed by atoms with E-state index in [1.165, 1.54) is 27.9 Å². The van der Waals surface area contributed by atoms with Crippen LogP contribution in [0.5, 0.6) is 0 Å². The minimum absolute atomic E-state index is 0.00400. The second-order valence-electron chi connectivity index (χ2n) is 5.39. The number of benzene rings is 2. The summed E-state index contributed by atoms with van der Waals surface area (Å²) in [4.78, 5) is 23.5. The molecule has 0 spiro atoms. The minimum Gasteiger partial charge on any atom is -0.267 e. The number of hydrogen-bond donors (Lipinski definition) is 0. The predicted octanol–water partition coefficient (Wildman–Crippen LogP) is 2.93. The molecule has 0 saturated heterocycles. The number of nitro benzene ring substituents is 1. The van der Waals surface area contributed by atoms with Crippen molar-refractivity contribution in [2.75, 3.05) is 0 Å². The average molecular weight is 385 g/mol. The summed E-state index contributed by atoms with van der Waals surface area (Å²) in [6.45, 7) is 0. The Kier molecular flexibility index (Phi) is 3.98. The molecule has 2 heterocycles. The van der Waals surface area contributed by atoms with Crippen LogP contribution in [0.4, 0.5) is 5.69 Å². The third-order valence-electron chi connectivity index (χ3n) is 3.76. The van der Waals surface area contributed by atoms with Gasteiger partial charge in [-0.25, -0.2) is 4.40 Å². The van der Waals surface area contributed by atoms with Gasteiger partial charge in [0.2, 0.25) is 4.96 Å². The Labute approximate surface area is 155 Å². The molecule has 0 N–H and O–H groups in total. The number of rotatable bonds is 3. The van der Waals surface area contributed by atoms with E-state index in [0.717, 1.165) is 0 Å². The quantitative estimate of drug-likeness (QED) is 0.400. The number of nitro groups is 1. The first kappa shape index (κ1) is 16.4. The van der Waals surface area contributed by atoms with Crippen molar-refractivity contribution in [3.05, 3.63) is 84.1 Å². The van der Waals surface area contributed by atoms with E-state index in [1.807, 2.05) is 6.07 Å². The summed E-state index contributed by atoms with van der Waals surface area (Å²) in [5.74, 6) is 0.384. The highest BCUT2D eigenvalue weighted by Crippen LogP contribution is 2.25. The predicted molar refractivity (Wildman–Crippen MR) is 99.5 cm³/mol. The third kappa shape index (κ3) is 2.75. The number of non-ortho nitro benzene ring substituents is 1. The molecule has 2 aromatic carbocycles. The van der Waals surface area contributed by atoms with Crippen LogP contribution in [0.3, 0.4) is 0 Å². The van der Waals surface area contributed by atoms with Crippen molar-refractivity contribution in [1.29, 1.82) is 0 Å². The summed E-state index contributed by atoms with van der Waals surface area (Å²) in [6.07, 6.45) is 1.67. The lowest BCUT2D eigenvalue weighted by Crippen LogP contribution is -2.23. The van der Waals surface area contributed by atoms with Gasteiger partial charge in [-0.2, -0.15) is 0 Å². The highest BCUT2D eigenvalue weighted by atomic mass is 35.5. The second kappa shape index (κ2) is 6.32. The first-order valence-corrected chi connectivity index (χ1v) is 8.63. The summed E-state index contributed by atoms with van der Waals surface area (Å²) in [6, 6.07) is 13.1. The second-order valence-corrected chi connectivity index (χ2v) is 6.80. The summed E-state index contributed by atoms with van der Waals surface area (Å²) in [7, 11) is 0. The van der Waals surface area contributed by atoms with Crippen LogP contribution in [0.15, 0.2) is 53.3 Å². The first-order chi connectivity index (χ1) is 12.5. The van der Waals surface area contributed by atoms with Crippen LogP contribution < -0.4 is 10.1 Å². The number of halogens is 1. The molecule has 0 saturated carbocycles. The molecule has 2 aromatic heterocycles. The van der Waals surface area contributed by atoms with Gasteiger partial charge in [0.15, 0.2) is 5.82 Å². The van der Waals surface area contributed by atoms with Crippen molar-refractivity contribution in [2.24, 2.45) is 0 Å². The average Bonchev–Trinajstić information content (AvgIpc) is 3.17. The molecular weight excluding hydrogens is 376 g/mol. The van der Waals surface area contributed by atoms with Gasteiger partial charge in [0.1, 0.15) is 0 Å². The van der Waals surface area contributed by atoms with E-state index in [0.29, 0.717) is 31.5 Å². The normalized spacial score (nSPS) is 12.0. The number of hydrogen-bond acceptors (Lipinski definition) is 6. The number of nitrogens with zero attached hydrogens (tertiary/aromatic N) is 4. The SMILES string of the molecule is O=c1c(=Cc2ccc([N+](=O)[O-])cc2)sc2nnc(-c3ccccc3Cl)n12. The van der Waals surface area contributed by atoms with E-state index in [2.05, 4.69) is 10.2 Å². The fourth-order valence-electron chi connectivity index (χ4n) is 2.52. The van der Waals surface area contributed by atoms with Crippen molar-refractivity contribution in [1.82, 2.24) is 14.6 Å². The van der Waals surface area contributed by atoms with Gasteiger partial charge in [-0.1, -0.05) is 35.1 Å². The maximum absolute atomic E-state index is 12.8. The summed E-state index contributed by atoms with van der Waals surface area (Å²) < 4.78 is 1.88. The van der Waals surface area contributed by atoms with Gasteiger partial charge >= 0.3 is 0 Å². The van der Waals surface area contributed by atoms with Gasteiger partial charge in [0.25, 0.3) is 11.2 Å². The Morgan fingerprint density at radius 3 is 2.54 bits per heavy atom. The highest BCUT2D eigenvalue weighted by molar-refractivity contribution is 7.15. The lowest BCUT2D eigenvalue weighted by molar-refractivity contribution is -0.384. The zero-order valence-electron chi connectivity index (χ0n) is 13.0. The van der Waals surface area contributed by atoms with Crippen LogP contribution in [0.25, 0.3) is 22.4 Å². The van der Waals surface area contributed by atoms with Gasteiger partial charge in [-0.15, -0.1) is 10.2 Å². The molecule has 9 heteroatoms. The molecule has 7 nitrogen and oxygen atoms in total. The minimum atomic E-state index is -0.469. The van der Waals surface area contributed by atoms with Gasteiger partial charge in [-0.3, -0.25) is 14.9 Å². The van der Waals surface area contributed by atoms with E-state index in [9.17, 15) is 14.9 Å². The van der Waals surface area contributed by atoms with Crippen LogP contribution in [-0.4, -0.2) is 19.5 Å². The van der Waals surface area contributed by atoms with Crippen molar-refractivity contribution >= 4 is 39.7 Å². The van der Waals surface area contributed by atoms with Crippen LogP contribution in [0, 0.1) is 10.1 Å². The smallest absolute Gasteiger partial charge is 0.267 e. The highest BCUT2D eigenvalue weighted by Gasteiger charge is 2.16. The Morgan fingerprint density at radius 2 is 1.85 bits per heavy atom. The Bertz CT molecular complexity index is 1250. The Morgan fingerprint density at radius 1 is 1.12 bits per heavy atom. The lowest BCUT2D eigenvalue weighted by Gasteiger charge is -1.99. The fourth-order valence-corrected chi connectivity index (χ4v) is 3.66. The summed E-state index contributed by atoms with van der Waals surface area (Å²) in [5, 5.41) is 19.3. The molecule has 0 aliphatic heterocycles. The van der Waals surface area contributed by atoms with Gasteiger partial charge in [-0.05, 0) is 35.9 Å². The number of aromatic nitrogens is 3. The van der Waals surface area contributed by atoms with Crippen molar-refractivity contribution in [2.45, 2.75) is 0 Å². The van der Waals surface area contributed by atoms with Crippen LogP contribution >= 0.6 is 22.9 Å². The van der Waals surface area contributed by atoms with Gasteiger partial charge < -0.3 is 0 Å². The number of thiazole rings is 1. The molecule has 0 aliphatic rings. The van der Waals surface area contributed by atoms with E-state index >= 15 is 0 Å². The largest absolute Gasteiger partial charge is 0.276 e. The standard InChI is InChI=1S/C17H9ClN4O3S/c18-13-4-2-1-3-12(13)15-19-20-17-21(15)16(23)14(26-17)9-10-5-7-11(8-6-10)22(24)25/h1-9H. The molecule has 0 fully saturated rings. The lowest BCUT2D eigenvalue weighted by atomic mass is 10.2. The van der Waals surface area contributed by atoms with E-state index in [1.54, 1.807) is 36.4 Å². The maximum atomic E-state index is 12.8.